The van der Waals surface area contributed by atoms with Crippen molar-refractivity contribution in [2.24, 2.45) is 0 Å². The minimum Gasteiger partial charge on any atom is -0.506 e. The predicted molar refractivity (Wildman–Crippen MR) is 44.7 cm³/mol. The standard InChI is InChI=1S/C8H6N2O3/c11-4-1-5-6(8(12)13)3-10-7(5)9-2-4/h1-3,11H,(H,9,10)(H,12,13). The molecular weight excluding hydrogens is 172 g/mol. The number of aromatic carboxylic acids is 1. The van der Waals surface area contributed by atoms with E-state index in [1.165, 1.54) is 18.5 Å². The Kier molecular flexibility index (Phi) is 1.45. The summed E-state index contributed by atoms with van der Waals surface area (Å²) in [5, 5.41) is 18.2. The molecule has 2 rings (SSSR count). The normalized spacial score (nSPS) is 10.5. The first kappa shape index (κ1) is 7.60. The van der Waals surface area contributed by atoms with Crippen LogP contribution in [-0.4, -0.2) is 26.2 Å². The van der Waals surface area contributed by atoms with Crippen LogP contribution >= 0.6 is 0 Å². The maximum absolute atomic E-state index is 10.7. The Bertz CT molecular complexity index is 475. The second-order valence-corrected chi connectivity index (χ2v) is 2.60. The quantitative estimate of drug-likeness (QED) is 0.607. The Morgan fingerprint density at radius 2 is 2.31 bits per heavy atom. The van der Waals surface area contributed by atoms with Gasteiger partial charge in [0.15, 0.2) is 0 Å². The number of hydrogen-bond acceptors (Lipinski definition) is 3. The van der Waals surface area contributed by atoms with Crippen molar-refractivity contribution >= 4 is 17.0 Å². The number of carbonyl (C=O) groups is 1. The van der Waals surface area contributed by atoms with Crippen LogP contribution in [-0.2, 0) is 0 Å². The molecule has 3 N–H and O–H groups in total. The van der Waals surface area contributed by atoms with Crippen LogP contribution in [0.1, 0.15) is 10.4 Å². The van der Waals surface area contributed by atoms with Crippen molar-refractivity contribution in [3.63, 3.8) is 0 Å². The van der Waals surface area contributed by atoms with Crippen molar-refractivity contribution in [1.82, 2.24) is 9.97 Å². The molecule has 5 nitrogen and oxygen atoms in total. The zero-order valence-electron chi connectivity index (χ0n) is 6.48. The molecule has 0 amide bonds. The zero-order chi connectivity index (χ0) is 9.42. The fourth-order valence-electron chi connectivity index (χ4n) is 1.17. The maximum atomic E-state index is 10.7. The number of nitrogens with one attached hydrogen (secondary N) is 1. The molecule has 0 bridgehead atoms. The summed E-state index contributed by atoms with van der Waals surface area (Å²) in [6, 6.07) is 1.36. The molecule has 0 saturated heterocycles. The molecule has 0 aliphatic carbocycles. The summed E-state index contributed by atoms with van der Waals surface area (Å²) >= 11 is 0. The SMILES string of the molecule is O=C(O)c1c[nH]c2ncc(O)cc12. The lowest BCUT2D eigenvalue weighted by Crippen LogP contribution is -1.93. The molecule has 0 fully saturated rings. The van der Waals surface area contributed by atoms with Gasteiger partial charge < -0.3 is 15.2 Å². The minimum absolute atomic E-state index is 0.0467. The first-order valence-electron chi connectivity index (χ1n) is 3.58. The molecule has 0 unspecified atom stereocenters. The van der Waals surface area contributed by atoms with E-state index < -0.39 is 5.97 Å². The van der Waals surface area contributed by atoms with E-state index in [4.69, 9.17) is 10.2 Å². The van der Waals surface area contributed by atoms with Gasteiger partial charge in [-0.15, -0.1) is 0 Å². The smallest absolute Gasteiger partial charge is 0.337 e. The van der Waals surface area contributed by atoms with Crippen LogP contribution in [0.15, 0.2) is 18.5 Å². The molecule has 0 spiro atoms. The Morgan fingerprint density at radius 1 is 1.54 bits per heavy atom. The molecule has 2 aromatic heterocycles. The topological polar surface area (TPSA) is 86.2 Å². The summed E-state index contributed by atoms with van der Waals surface area (Å²) in [7, 11) is 0. The number of H-pyrrole nitrogens is 1. The van der Waals surface area contributed by atoms with Crippen LogP contribution in [0.25, 0.3) is 11.0 Å². The number of aromatic amines is 1. The molecule has 2 aromatic rings. The number of hydrogen-bond donors (Lipinski definition) is 3. The van der Waals surface area contributed by atoms with E-state index in [2.05, 4.69) is 9.97 Å². The molecule has 0 radical (unpaired) electrons. The Morgan fingerprint density at radius 3 is 3.00 bits per heavy atom. The fraction of sp³-hybridized carbons (Fsp3) is 0. The highest BCUT2D eigenvalue weighted by molar-refractivity contribution is 6.02. The molecule has 0 atom stereocenters. The zero-order valence-corrected chi connectivity index (χ0v) is 6.48. The number of fused-ring (bicyclic) bond motifs is 1. The van der Waals surface area contributed by atoms with E-state index in [1.807, 2.05) is 0 Å². The lowest BCUT2D eigenvalue weighted by atomic mass is 10.2. The van der Waals surface area contributed by atoms with Crippen molar-refractivity contribution in [1.29, 1.82) is 0 Å². The van der Waals surface area contributed by atoms with E-state index in [0.717, 1.165) is 0 Å². The van der Waals surface area contributed by atoms with Gasteiger partial charge in [-0.05, 0) is 6.07 Å². The van der Waals surface area contributed by atoms with Gasteiger partial charge in [0.2, 0.25) is 0 Å². The van der Waals surface area contributed by atoms with Crippen LogP contribution in [0, 0.1) is 0 Å². The summed E-state index contributed by atoms with van der Waals surface area (Å²) in [4.78, 5) is 17.2. The van der Waals surface area contributed by atoms with Gasteiger partial charge in [-0.1, -0.05) is 0 Å². The van der Waals surface area contributed by atoms with E-state index in [0.29, 0.717) is 11.0 Å². The lowest BCUT2D eigenvalue weighted by Gasteiger charge is -1.92. The highest BCUT2D eigenvalue weighted by Crippen LogP contribution is 2.20. The second kappa shape index (κ2) is 2.48. The Hall–Kier alpha value is -2.04. The van der Waals surface area contributed by atoms with Crippen LogP contribution in [0.4, 0.5) is 0 Å². The summed E-state index contributed by atoms with van der Waals surface area (Å²) in [6.45, 7) is 0. The van der Waals surface area contributed by atoms with Gasteiger partial charge in [0.05, 0.1) is 11.8 Å². The number of nitrogens with zero attached hydrogens (tertiary/aromatic N) is 1. The van der Waals surface area contributed by atoms with Crippen LogP contribution in [0.3, 0.4) is 0 Å². The van der Waals surface area contributed by atoms with Gasteiger partial charge in [-0.3, -0.25) is 0 Å². The highest BCUT2D eigenvalue weighted by Gasteiger charge is 2.11. The summed E-state index contributed by atoms with van der Waals surface area (Å²) in [6.07, 6.45) is 2.60. The van der Waals surface area contributed by atoms with E-state index in [1.54, 1.807) is 0 Å². The molecule has 0 aromatic carbocycles. The lowest BCUT2D eigenvalue weighted by molar-refractivity contribution is 0.0699. The highest BCUT2D eigenvalue weighted by atomic mass is 16.4. The molecule has 0 aliphatic heterocycles. The molecule has 0 saturated carbocycles. The van der Waals surface area contributed by atoms with Crippen molar-refractivity contribution in [3.8, 4) is 5.75 Å². The van der Waals surface area contributed by atoms with Crippen molar-refractivity contribution in [2.45, 2.75) is 0 Å². The molecule has 2 heterocycles. The number of carboxylic acid groups (broad SMARTS) is 1. The summed E-state index contributed by atoms with van der Waals surface area (Å²) in [5.41, 5.74) is 0.564. The molecular formula is C8H6N2O3. The van der Waals surface area contributed by atoms with Crippen molar-refractivity contribution in [2.75, 3.05) is 0 Å². The third kappa shape index (κ3) is 1.10. The van der Waals surface area contributed by atoms with E-state index in [9.17, 15) is 4.79 Å². The largest absolute Gasteiger partial charge is 0.506 e. The van der Waals surface area contributed by atoms with Crippen molar-refractivity contribution < 1.29 is 15.0 Å². The van der Waals surface area contributed by atoms with Crippen molar-refractivity contribution in [3.05, 3.63) is 24.0 Å². The Labute approximate surface area is 72.7 Å². The molecule has 5 heteroatoms. The van der Waals surface area contributed by atoms with Gasteiger partial charge in [-0.2, -0.15) is 0 Å². The van der Waals surface area contributed by atoms with Gasteiger partial charge in [-0.25, -0.2) is 9.78 Å². The number of carboxylic acids is 1. The Balaban J connectivity index is 2.79. The third-order valence-corrected chi connectivity index (χ3v) is 1.75. The van der Waals surface area contributed by atoms with Crippen LogP contribution in [0.2, 0.25) is 0 Å². The first-order valence-corrected chi connectivity index (χ1v) is 3.58. The van der Waals surface area contributed by atoms with E-state index in [-0.39, 0.29) is 11.3 Å². The minimum atomic E-state index is -1.04. The van der Waals surface area contributed by atoms with Crippen LogP contribution < -0.4 is 0 Å². The fourth-order valence-corrected chi connectivity index (χ4v) is 1.17. The van der Waals surface area contributed by atoms with Gasteiger partial charge in [0, 0.05) is 11.6 Å². The summed E-state index contributed by atoms with van der Waals surface area (Å²) < 4.78 is 0. The number of rotatable bonds is 1. The molecule has 66 valence electrons. The average molecular weight is 178 g/mol. The van der Waals surface area contributed by atoms with Gasteiger partial charge in [0.1, 0.15) is 11.4 Å². The predicted octanol–water partition coefficient (Wildman–Crippen LogP) is 0.967. The molecule has 13 heavy (non-hydrogen) atoms. The second-order valence-electron chi connectivity index (χ2n) is 2.60. The molecule has 0 aliphatic rings. The number of aromatic hydroxyl groups is 1. The summed E-state index contributed by atoms with van der Waals surface area (Å²) in [5.74, 6) is -1.09. The monoisotopic (exact) mass is 178 g/mol. The average Bonchev–Trinajstić information content (AvgIpc) is 2.46. The third-order valence-electron chi connectivity index (χ3n) is 1.75. The maximum Gasteiger partial charge on any atom is 0.337 e. The van der Waals surface area contributed by atoms with Gasteiger partial charge >= 0.3 is 5.97 Å². The number of pyridine rings is 1. The van der Waals surface area contributed by atoms with Gasteiger partial charge in [0.25, 0.3) is 0 Å². The first-order chi connectivity index (χ1) is 6.18. The number of aromatic nitrogens is 2. The van der Waals surface area contributed by atoms with Crippen LogP contribution in [0.5, 0.6) is 5.75 Å². The van der Waals surface area contributed by atoms with E-state index >= 15 is 0 Å².